The maximum atomic E-state index is 11.4. The van der Waals surface area contributed by atoms with Crippen molar-refractivity contribution in [3.63, 3.8) is 0 Å². The van der Waals surface area contributed by atoms with E-state index in [2.05, 4.69) is 22.3 Å². The summed E-state index contributed by atoms with van der Waals surface area (Å²) in [5.74, 6) is 0.604. The number of benzene rings is 2. The van der Waals surface area contributed by atoms with Gasteiger partial charge in [-0.05, 0) is 11.6 Å². The number of amides is 1. The van der Waals surface area contributed by atoms with E-state index in [0.717, 1.165) is 13.1 Å². The van der Waals surface area contributed by atoms with Crippen LogP contribution in [0.1, 0.15) is 12.5 Å². The standard InChI is InChI=1S/C20H21N3O5/c1-15(24)21-19-11-17(23(25)26)7-8-20(19)28-14-18-13-22(9-10-27-18)12-16-5-3-2-4-6-16/h2-8,11,14H,9-10,12-13H2,1H3,(H,21,24). The van der Waals surface area contributed by atoms with E-state index in [1.54, 1.807) is 0 Å². The lowest BCUT2D eigenvalue weighted by Gasteiger charge is -2.28. The van der Waals surface area contributed by atoms with E-state index in [-0.39, 0.29) is 17.3 Å². The smallest absolute Gasteiger partial charge is 0.271 e. The number of rotatable bonds is 6. The third-order valence-electron chi connectivity index (χ3n) is 4.13. The van der Waals surface area contributed by atoms with E-state index in [4.69, 9.17) is 9.47 Å². The molecule has 1 fully saturated rings. The van der Waals surface area contributed by atoms with E-state index >= 15 is 0 Å². The van der Waals surface area contributed by atoms with Gasteiger partial charge < -0.3 is 14.8 Å². The van der Waals surface area contributed by atoms with Crippen LogP contribution in [0.15, 0.2) is 60.6 Å². The summed E-state index contributed by atoms with van der Waals surface area (Å²) in [7, 11) is 0. The van der Waals surface area contributed by atoms with Crippen LogP contribution >= 0.6 is 0 Å². The van der Waals surface area contributed by atoms with Crippen molar-refractivity contribution < 1.29 is 19.2 Å². The summed E-state index contributed by atoms with van der Waals surface area (Å²) >= 11 is 0. The van der Waals surface area contributed by atoms with Gasteiger partial charge in [-0.25, -0.2) is 0 Å². The number of nitro groups is 1. The van der Waals surface area contributed by atoms with Crippen molar-refractivity contribution in [2.24, 2.45) is 0 Å². The van der Waals surface area contributed by atoms with Crippen LogP contribution in [0.4, 0.5) is 11.4 Å². The number of nitrogens with zero attached hydrogens (tertiary/aromatic N) is 2. The van der Waals surface area contributed by atoms with Gasteiger partial charge in [0.05, 0.1) is 17.2 Å². The fourth-order valence-corrected chi connectivity index (χ4v) is 2.85. The fourth-order valence-electron chi connectivity index (χ4n) is 2.85. The number of nitrogens with one attached hydrogen (secondary N) is 1. The maximum absolute atomic E-state index is 11.4. The second-order valence-electron chi connectivity index (χ2n) is 6.37. The zero-order valence-electron chi connectivity index (χ0n) is 15.5. The predicted octanol–water partition coefficient (Wildman–Crippen LogP) is 3.31. The van der Waals surface area contributed by atoms with Crippen molar-refractivity contribution >= 4 is 17.3 Å². The molecule has 0 spiro atoms. The number of anilines is 1. The van der Waals surface area contributed by atoms with Crippen LogP contribution in [0.2, 0.25) is 0 Å². The molecule has 2 aromatic carbocycles. The molecule has 0 aliphatic carbocycles. The van der Waals surface area contributed by atoms with Crippen molar-refractivity contribution in [2.75, 3.05) is 25.0 Å². The second-order valence-corrected chi connectivity index (χ2v) is 6.37. The highest BCUT2D eigenvalue weighted by Crippen LogP contribution is 2.30. The molecule has 1 aliphatic rings. The van der Waals surface area contributed by atoms with E-state index in [1.807, 2.05) is 18.2 Å². The van der Waals surface area contributed by atoms with Gasteiger partial charge >= 0.3 is 0 Å². The van der Waals surface area contributed by atoms with Crippen LogP contribution in [0.25, 0.3) is 0 Å². The summed E-state index contributed by atoms with van der Waals surface area (Å²) in [6, 6.07) is 14.2. The Kier molecular flexibility index (Phi) is 6.23. The van der Waals surface area contributed by atoms with Gasteiger partial charge in [-0.1, -0.05) is 30.3 Å². The van der Waals surface area contributed by atoms with Gasteiger partial charge in [-0.2, -0.15) is 0 Å². The van der Waals surface area contributed by atoms with Crippen molar-refractivity contribution in [2.45, 2.75) is 13.5 Å². The summed E-state index contributed by atoms with van der Waals surface area (Å²) < 4.78 is 11.3. The normalized spacial score (nSPS) is 15.7. The average molecular weight is 383 g/mol. The number of carbonyl (C=O) groups is 1. The molecule has 146 valence electrons. The van der Waals surface area contributed by atoms with Crippen LogP contribution < -0.4 is 10.1 Å². The Morgan fingerprint density at radius 1 is 1.32 bits per heavy atom. The zero-order valence-corrected chi connectivity index (χ0v) is 15.5. The lowest BCUT2D eigenvalue weighted by atomic mass is 10.2. The topological polar surface area (TPSA) is 93.9 Å². The lowest BCUT2D eigenvalue weighted by Crippen LogP contribution is -2.34. The van der Waals surface area contributed by atoms with Crippen molar-refractivity contribution in [3.05, 3.63) is 76.2 Å². The maximum Gasteiger partial charge on any atom is 0.271 e. The minimum absolute atomic E-state index is 0.133. The van der Waals surface area contributed by atoms with Gasteiger partial charge in [0.1, 0.15) is 18.6 Å². The van der Waals surface area contributed by atoms with Crippen LogP contribution in [-0.2, 0) is 16.1 Å². The van der Waals surface area contributed by atoms with Crippen molar-refractivity contribution in [1.82, 2.24) is 4.90 Å². The molecule has 0 unspecified atom stereocenters. The van der Waals surface area contributed by atoms with Gasteiger partial charge in [0.15, 0.2) is 5.75 Å². The summed E-state index contributed by atoms with van der Waals surface area (Å²) in [6.07, 6.45) is 1.48. The van der Waals surface area contributed by atoms with Crippen LogP contribution in [0, 0.1) is 10.1 Å². The van der Waals surface area contributed by atoms with E-state index in [1.165, 1.54) is 36.9 Å². The molecular weight excluding hydrogens is 362 g/mol. The van der Waals surface area contributed by atoms with Crippen LogP contribution in [-0.4, -0.2) is 35.4 Å². The Labute approximate surface area is 162 Å². The first-order chi connectivity index (χ1) is 13.5. The number of ether oxygens (including phenoxy) is 2. The molecule has 0 saturated carbocycles. The second kappa shape index (κ2) is 9.01. The minimum atomic E-state index is -0.529. The molecule has 0 bridgehead atoms. The molecule has 1 N–H and O–H groups in total. The molecule has 0 atom stereocenters. The number of hydrogen-bond donors (Lipinski definition) is 1. The fraction of sp³-hybridized carbons (Fsp3) is 0.250. The first kappa shape index (κ1) is 19.4. The molecule has 0 radical (unpaired) electrons. The molecule has 1 aliphatic heterocycles. The number of nitro benzene ring substituents is 1. The Morgan fingerprint density at radius 3 is 2.82 bits per heavy atom. The summed E-state index contributed by atoms with van der Waals surface area (Å²) in [4.78, 5) is 24.0. The van der Waals surface area contributed by atoms with Crippen LogP contribution in [0.5, 0.6) is 5.75 Å². The molecule has 3 rings (SSSR count). The Bertz CT molecular complexity index is 883. The Balaban J connectivity index is 1.70. The van der Waals surface area contributed by atoms with Gasteiger partial charge in [-0.15, -0.1) is 0 Å². The lowest BCUT2D eigenvalue weighted by molar-refractivity contribution is -0.384. The Morgan fingerprint density at radius 2 is 2.11 bits per heavy atom. The average Bonchev–Trinajstić information content (AvgIpc) is 2.67. The summed E-state index contributed by atoms with van der Waals surface area (Å²) in [5, 5.41) is 13.5. The largest absolute Gasteiger partial charge is 0.492 e. The third-order valence-corrected chi connectivity index (χ3v) is 4.13. The number of carbonyl (C=O) groups excluding carboxylic acids is 1. The molecule has 8 nitrogen and oxygen atoms in total. The predicted molar refractivity (Wildman–Crippen MR) is 104 cm³/mol. The Hall–Kier alpha value is -3.39. The summed E-state index contributed by atoms with van der Waals surface area (Å²) in [6.45, 7) is 4.06. The monoisotopic (exact) mass is 383 g/mol. The zero-order chi connectivity index (χ0) is 19.9. The van der Waals surface area contributed by atoms with Crippen molar-refractivity contribution in [3.8, 4) is 5.75 Å². The van der Waals surface area contributed by atoms with Gasteiger partial charge in [0.25, 0.3) is 5.69 Å². The minimum Gasteiger partial charge on any atom is -0.492 e. The molecule has 28 heavy (non-hydrogen) atoms. The number of morpholine rings is 1. The number of hydrogen-bond acceptors (Lipinski definition) is 6. The third kappa shape index (κ3) is 5.31. The highest BCUT2D eigenvalue weighted by Gasteiger charge is 2.17. The highest BCUT2D eigenvalue weighted by molar-refractivity contribution is 5.90. The quantitative estimate of drug-likeness (QED) is 0.467. The van der Waals surface area contributed by atoms with Gasteiger partial charge in [0.2, 0.25) is 5.91 Å². The molecular formula is C20H21N3O5. The van der Waals surface area contributed by atoms with Gasteiger partial charge in [0, 0.05) is 32.1 Å². The molecule has 1 heterocycles. The molecule has 1 amide bonds. The van der Waals surface area contributed by atoms with Crippen LogP contribution in [0.3, 0.4) is 0 Å². The summed E-state index contributed by atoms with van der Waals surface area (Å²) in [5.41, 5.74) is 1.31. The first-order valence-electron chi connectivity index (χ1n) is 8.82. The number of non-ortho nitro benzene ring substituents is 1. The van der Waals surface area contributed by atoms with Gasteiger partial charge in [-0.3, -0.25) is 19.8 Å². The first-order valence-corrected chi connectivity index (χ1v) is 8.82. The highest BCUT2D eigenvalue weighted by atomic mass is 16.6. The molecule has 2 aromatic rings. The molecule has 8 heteroatoms. The molecule has 1 saturated heterocycles. The SMILES string of the molecule is CC(=O)Nc1cc([N+](=O)[O-])ccc1OC=C1CN(Cc2ccccc2)CCO1. The van der Waals surface area contributed by atoms with E-state index in [9.17, 15) is 14.9 Å². The van der Waals surface area contributed by atoms with E-state index < -0.39 is 4.92 Å². The van der Waals surface area contributed by atoms with E-state index in [0.29, 0.717) is 24.7 Å². The van der Waals surface area contributed by atoms with Crippen molar-refractivity contribution in [1.29, 1.82) is 0 Å². The molecule has 0 aromatic heterocycles.